The molecule has 0 amide bonds. The van der Waals surface area contributed by atoms with Crippen LogP contribution in [0.3, 0.4) is 0 Å². The average molecular weight is 252 g/mol. The largest absolute Gasteiger partial charge is 0.389 e. The van der Waals surface area contributed by atoms with E-state index in [2.05, 4.69) is 5.32 Å². The van der Waals surface area contributed by atoms with Crippen LogP contribution in [0.4, 0.5) is 10.1 Å². The summed E-state index contributed by atoms with van der Waals surface area (Å²) < 4.78 is 13.6. The Kier molecular flexibility index (Phi) is 3.94. The molecule has 0 aromatic heterocycles. The van der Waals surface area contributed by atoms with E-state index in [1.807, 2.05) is 6.07 Å². The molecule has 1 aromatic carbocycles. The molecular weight excluding hydrogens is 235 g/mol. The molecule has 1 saturated carbocycles. The first-order chi connectivity index (χ1) is 8.16. The van der Waals surface area contributed by atoms with Crippen molar-refractivity contribution in [3.05, 3.63) is 29.6 Å². The van der Waals surface area contributed by atoms with Crippen LogP contribution < -0.4 is 11.1 Å². The molecule has 17 heavy (non-hydrogen) atoms. The quantitative estimate of drug-likeness (QED) is 0.811. The third-order valence-electron chi connectivity index (χ3n) is 3.21. The van der Waals surface area contributed by atoms with E-state index in [0.717, 1.165) is 5.69 Å². The van der Waals surface area contributed by atoms with Gasteiger partial charge in [-0.3, -0.25) is 0 Å². The van der Waals surface area contributed by atoms with Crippen LogP contribution in [0.25, 0.3) is 0 Å². The van der Waals surface area contributed by atoms with Gasteiger partial charge >= 0.3 is 0 Å². The summed E-state index contributed by atoms with van der Waals surface area (Å²) in [4.78, 5) is 0.103. The van der Waals surface area contributed by atoms with Crippen LogP contribution in [0.2, 0.25) is 0 Å². The molecule has 3 N–H and O–H groups in total. The molecule has 1 aliphatic carbocycles. The molecule has 2 nitrogen and oxygen atoms in total. The lowest BCUT2D eigenvalue weighted by Gasteiger charge is -2.24. The molecule has 0 aliphatic heterocycles. The molecule has 0 bridgehead atoms. The number of nitrogens with one attached hydrogen (secondary N) is 1. The standard InChI is InChI=1S/C13H17FN2S/c14-12-8-10(6-7-11(12)13(15)17)16-9-4-2-1-3-5-9/h6-9,16H,1-5H2,(H2,15,17). The first kappa shape index (κ1) is 12.3. The predicted molar refractivity (Wildman–Crippen MR) is 72.8 cm³/mol. The number of halogens is 1. The second-order valence-electron chi connectivity index (χ2n) is 4.54. The van der Waals surface area contributed by atoms with Gasteiger partial charge in [0, 0.05) is 17.3 Å². The van der Waals surface area contributed by atoms with Gasteiger partial charge in [0.05, 0.1) is 0 Å². The fraction of sp³-hybridized carbons (Fsp3) is 0.462. The summed E-state index contributed by atoms with van der Waals surface area (Å²) in [6.45, 7) is 0. The van der Waals surface area contributed by atoms with Crippen LogP contribution in [0.15, 0.2) is 18.2 Å². The molecule has 2 rings (SSSR count). The number of thiocarbonyl (C=S) groups is 1. The van der Waals surface area contributed by atoms with Gasteiger partial charge < -0.3 is 11.1 Å². The fourth-order valence-electron chi connectivity index (χ4n) is 2.29. The lowest BCUT2D eigenvalue weighted by atomic mass is 9.95. The Hall–Kier alpha value is -1.16. The van der Waals surface area contributed by atoms with Crippen molar-refractivity contribution in [2.45, 2.75) is 38.1 Å². The number of benzene rings is 1. The van der Waals surface area contributed by atoms with Crippen molar-refractivity contribution in [2.75, 3.05) is 5.32 Å². The zero-order valence-electron chi connectivity index (χ0n) is 9.71. The van der Waals surface area contributed by atoms with Gasteiger partial charge in [-0.25, -0.2) is 4.39 Å². The van der Waals surface area contributed by atoms with Crippen molar-refractivity contribution in [3.63, 3.8) is 0 Å². The molecule has 0 spiro atoms. The summed E-state index contributed by atoms with van der Waals surface area (Å²) in [5.74, 6) is -0.349. The minimum absolute atomic E-state index is 0.103. The Bertz CT molecular complexity index is 414. The van der Waals surface area contributed by atoms with Crippen LogP contribution in [0, 0.1) is 5.82 Å². The van der Waals surface area contributed by atoms with E-state index in [1.165, 1.54) is 38.2 Å². The maximum Gasteiger partial charge on any atom is 0.135 e. The van der Waals surface area contributed by atoms with Gasteiger partial charge in [-0.15, -0.1) is 0 Å². The number of rotatable bonds is 3. The van der Waals surface area contributed by atoms with Crippen LogP contribution >= 0.6 is 12.2 Å². The van der Waals surface area contributed by atoms with E-state index >= 15 is 0 Å². The highest BCUT2D eigenvalue weighted by molar-refractivity contribution is 7.80. The van der Waals surface area contributed by atoms with Crippen molar-refractivity contribution in [1.82, 2.24) is 0 Å². The molecule has 92 valence electrons. The lowest BCUT2D eigenvalue weighted by molar-refractivity contribution is 0.462. The minimum Gasteiger partial charge on any atom is -0.389 e. The van der Waals surface area contributed by atoms with Gasteiger partial charge in [0.1, 0.15) is 10.8 Å². The summed E-state index contributed by atoms with van der Waals surface area (Å²) in [6, 6.07) is 5.43. The summed E-state index contributed by atoms with van der Waals surface area (Å²) >= 11 is 4.77. The normalized spacial score (nSPS) is 16.8. The lowest BCUT2D eigenvalue weighted by Crippen LogP contribution is -2.22. The van der Waals surface area contributed by atoms with E-state index in [-0.39, 0.29) is 10.8 Å². The molecule has 1 aliphatic rings. The molecule has 0 unspecified atom stereocenters. The van der Waals surface area contributed by atoms with E-state index in [0.29, 0.717) is 11.6 Å². The Morgan fingerprint density at radius 2 is 2.00 bits per heavy atom. The van der Waals surface area contributed by atoms with Gasteiger partial charge in [-0.2, -0.15) is 0 Å². The fourth-order valence-corrected chi connectivity index (χ4v) is 2.45. The maximum atomic E-state index is 13.6. The molecule has 0 radical (unpaired) electrons. The second kappa shape index (κ2) is 5.45. The van der Waals surface area contributed by atoms with Crippen molar-refractivity contribution in [2.24, 2.45) is 5.73 Å². The predicted octanol–water partition coefficient (Wildman–Crippen LogP) is 3.20. The van der Waals surface area contributed by atoms with E-state index in [1.54, 1.807) is 6.07 Å². The number of hydrogen-bond acceptors (Lipinski definition) is 2. The Morgan fingerprint density at radius 1 is 1.29 bits per heavy atom. The summed E-state index contributed by atoms with van der Waals surface area (Å²) in [5.41, 5.74) is 6.55. The van der Waals surface area contributed by atoms with Crippen molar-refractivity contribution >= 4 is 22.9 Å². The molecule has 4 heteroatoms. The van der Waals surface area contributed by atoms with Gasteiger partial charge in [0.25, 0.3) is 0 Å². The third-order valence-corrected chi connectivity index (χ3v) is 3.43. The van der Waals surface area contributed by atoms with Crippen molar-refractivity contribution in [1.29, 1.82) is 0 Å². The van der Waals surface area contributed by atoms with E-state index in [4.69, 9.17) is 18.0 Å². The van der Waals surface area contributed by atoms with Crippen LogP contribution in [0.1, 0.15) is 37.7 Å². The SMILES string of the molecule is NC(=S)c1ccc(NC2CCCCC2)cc1F. The monoisotopic (exact) mass is 252 g/mol. The molecule has 0 heterocycles. The molecule has 0 atom stereocenters. The topological polar surface area (TPSA) is 38.0 Å². The highest BCUT2D eigenvalue weighted by Gasteiger charge is 2.13. The smallest absolute Gasteiger partial charge is 0.135 e. The third kappa shape index (κ3) is 3.16. The van der Waals surface area contributed by atoms with Crippen molar-refractivity contribution < 1.29 is 4.39 Å². The molecule has 1 fully saturated rings. The van der Waals surface area contributed by atoms with Gasteiger partial charge in [0.15, 0.2) is 0 Å². The molecule has 1 aromatic rings. The van der Waals surface area contributed by atoms with Crippen LogP contribution in [-0.4, -0.2) is 11.0 Å². The molecule has 0 saturated heterocycles. The van der Waals surface area contributed by atoms with Gasteiger partial charge in [0.2, 0.25) is 0 Å². The second-order valence-corrected chi connectivity index (χ2v) is 4.98. The first-order valence-corrected chi connectivity index (χ1v) is 6.43. The first-order valence-electron chi connectivity index (χ1n) is 6.02. The highest BCUT2D eigenvalue weighted by atomic mass is 32.1. The van der Waals surface area contributed by atoms with Crippen LogP contribution in [-0.2, 0) is 0 Å². The zero-order chi connectivity index (χ0) is 12.3. The number of hydrogen-bond donors (Lipinski definition) is 2. The Balaban J connectivity index is 2.06. The Labute approximate surface area is 106 Å². The summed E-state index contributed by atoms with van der Waals surface area (Å²) in [7, 11) is 0. The van der Waals surface area contributed by atoms with E-state index < -0.39 is 0 Å². The number of nitrogens with two attached hydrogens (primary N) is 1. The van der Waals surface area contributed by atoms with Crippen molar-refractivity contribution in [3.8, 4) is 0 Å². The summed E-state index contributed by atoms with van der Waals surface area (Å²) in [5, 5.41) is 3.36. The highest BCUT2D eigenvalue weighted by Crippen LogP contribution is 2.22. The number of anilines is 1. The zero-order valence-corrected chi connectivity index (χ0v) is 10.5. The Morgan fingerprint density at radius 3 is 2.59 bits per heavy atom. The van der Waals surface area contributed by atoms with Gasteiger partial charge in [-0.1, -0.05) is 31.5 Å². The van der Waals surface area contributed by atoms with Gasteiger partial charge in [-0.05, 0) is 31.0 Å². The van der Waals surface area contributed by atoms with E-state index in [9.17, 15) is 4.39 Å². The summed E-state index contributed by atoms with van der Waals surface area (Å²) in [6.07, 6.45) is 6.15. The van der Waals surface area contributed by atoms with Crippen LogP contribution in [0.5, 0.6) is 0 Å². The minimum atomic E-state index is -0.349. The maximum absolute atomic E-state index is 13.6. The average Bonchev–Trinajstić information content (AvgIpc) is 2.30. The molecular formula is C13H17FN2S.